The summed E-state index contributed by atoms with van der Waals surface area (Å²) in [6, 6.07) is 4.89. The predicted molar refractivity (Wildman–Crippen MR) is 50.6 cm³/mol. The number of aryl methyl sites for hydroxylation is 1. The lowest BCUT2D eigenvalue weighted by molar-refractivity contribution is 0.316. The molecule has 2 nitrogen and oxygen atoms in total. The van der Waals surface area contributed by atoms with E-state index in [9.17, 15) is 4.39 Å². The summed E-state index contributed by atoms with van der Waals surface area (Å²) in [5.74, 6) is 0.361. The van der Waals surface area contributed by atoms with Crippen molar-refractivity contribution in [3.63, 3.8) is 0 Å². The molecule has 0 saturated heterocycles. The number of nitrogens with one attached hydrogen (secondary N) is 1. The Kier molecular flexibility index (Phi) is 3.71. The Labute approximate surface area is 77.7 Å². The van der Waals surface area contributed by atoms with Crippen molar-refractivity contribution in [2.45, 2.75) is 6.92 Å². The van der Waals surface area contributed by atoms with Crippen molar-refractivity contribution in [2.24, 2.45) is 0 Å². The van der Waals surface area contributed by atoms with Gasteiger partial charge in [0, 0.05) is 12.6 Å². The quantitative estimate of drug-likeness (QED) is 0.718. The summed E-state index contributed by atoms with van der Waals surface area (Å²) in [5.41, 5.74) is 0.640. The minimum Gasteiger partial charge on any atom is -0.492 e. The fourth-order valence-corrected chi connectivity index (χ4v) is 0.934. The van der Waals surface area contributed by atoms with Gasteiger partial charge in [-0.15, -0.1) is 0 Å². The zero-order valence-electron chi connectivity index (χ0n) is 7.93. The molecule has 1 N–H and O–H groups in total. The monoisotopic (exact) mass is 183 g/mol. The molecule has 0 bridgehead atoms. The average Bonchev–Trinajstić information content (AvgIpc) is 2.12. The first-order chi connectivity index (χ1) is 6.24. The van der Waals surface area contributed by atoms with E-state index in [0.29, 0.717) is 17.9 Å². The molecule has 0 aliphatic heterocycles. The summed E-state index contributed by atoms with van der Waals surface area (Å²) >= 11 is 0. The molecule has 0 saturated carbocycles. The first kappa shape index (κ1) is 9.99. The van der Waals surface area contributed by atoms with Gasteiger partial charge in [-0.1, -0.05) is 6.07 Å². The Morgan fingerprint density at radius 3 is 2.85 bits per heavy atom. The summed E-state index contributed by atoms with van der Waals surface area (Å²) < 4.78 is 18.3. The van der Waals surface area contributed by atoms with Gasteiger partial charge in [-0.2, -0.15) is 0 Å². The molecule has 0 unspecified atom stereocenters. The number of hydrogen-bond donors (Lipinski definition) is 1. The maximum atomic E-state index is 13.0. The maximum Gasteiger partial charge on any atom is 0.129 e. The van der Waals surface area contributed by atoms with Crippen molar-refractivity contribution < 1.29 is 9.13 Å². The minimum atomic E-state index is -0.220. The fraction of sp³-hybridized carbons (Fsp3) is 0.400. The summed E-state index contributed by atoms with van der Waals surface area (Å²) in [6.07, 6.45) is 0. The Morgan fingerprint density at radius 1 is 1.46 bits per heavy atom. The van der Waals surface area contributed by atoms with Gasteiger partial charge in [-0.05, 0) is 25.6 Å². The van der Waals surface area contributed by atoms with E-state index in [1.807, 2.05) is 7.05 Å². The molecular weight excluding hydrogens is 169 g/mol. The topological polar surface area (TPSA) is 21.3 Å². The first-order valence-electron chi connectivity index (χ1n) is 4.27. The molecule has 1 aromatic carbocycles. The molecule has 0 aliphatic carbocycles. The van der Waals surface area contributed by atoms with Gasteiger partial charge >= 0.3 is 0 Å². The van der Waals surface area contributed by atoms with Gasteiger partial charge in [-0.25, -0.2) is 4.39 Å². The SMILES string of the molecule is CNCCOc1ccc(C)c(F)c1. The number of likely N-dealkylation sites (N-methyl/N-ethyl adjacent to an activating group) is 1. The third-order valence-electron chi connectivity index (χ3n) is 1.76. The van der Waals surface area contributed by atoms with Gasteiger partial charge in [0.15, 0.2) is 0 Å². The second-order valence-electron chi connectivity index (χ2n) is 2.86. The second kappa shape index (κ2) is 4.82. The van der Waals surface area contributed by atoms with E-state index in [0.717, 1.165) is 6.54 Å². The van der Waals surface area contributed by atoms with E-state index in [2.05, 4.69) is 5.32 Å². The highest BCUT2D eigenvalue weighted by atomic mass is 19.1. The van der Waals surface area contributed by atoms with E-state index in [-0.39, 0.29) is 5.82 Å². The fourth-order valence-electron chi connectivity index (χ4n) is 0.934. The summed E-state index contributed by atoms with van der Waals surface area (Å²) in [7, 11) is 1.85. The number of rotatable bonds is 4. The van der Waals surface area contributed by atoms with Crippen molar-refractivity contribution >= 4 is 0 Å². The van der Waals surface area contributed by atoms with Crippen molar-refractivity contribution in [1.29, 1.82) is 0 Å². The van der Waals surface area contributed by atoms with Crippen molar-refractivity contribution in [2.75, 3.05) is 20.2 Å². The van der Waals surface area contributed by atoms with E-state index < -0.39 is 0 Å². The second-order valence-corrected chi connectivity index (χ2v) is 2.86. The standard InChI is InChI=1S/C10H14FNO/c1-8-3-4-9(7-10(8)11)13-6-5-12-2/h3-4,7,12H,5-6H2,1-2H3. The van der Waals surface area contributed by atoms with E-state index in [1.165, 1.54) is 6.07 Å². The van der Waals surface area contributed by atoms with Crippen LogP contribution in [0.2, 0.25) is 0 Å². The molecular formula is C10H14FNO. The van der Waals surface area contributed by atoms with Crippen molar-refractivity contribution in [3.05, 3.63) is 29.6 Å². The average molecular weight is 183 g/mol. The third kappa shape index (κ3) is 3.03. The molecule has 0 radical (unpaired) electrons. The highest BCUT2D eigenvalue weighted by Crippen LogP contribution is 2.15. The molecule has 3 heteroatoms. The number of hydrogen-bond acceptors (Lipinski definition) is 2. The Balaban J connectivity index is 2.53. The van der Waals surface area contributed by atoms with Gasteiger partial charge in [0.1, 0.15) is 18.2 Å². The van der Waals surface area contributed by atoms with Gasteiger partial charge in [-0.3, -0.25) is 0 Å². The number of benzene rings is 1. The molecule has 0 spiro atoms. The molecule has 0 heterocycles. The van der Waals surface area contributed by atoms with Crippen LogP contribution in [0.25, 0.3) is 0 Å². The molecule has 1 aromatic rings. The lowest BCUT2D eigenvalue weighted by Crippen LogP contribution is -2.15. The van der Waals surface area contributed by atoms with Crippen LogP contribution in [0.5, 0.6) is 5.75 Å². The van der Waals surface area contributed by atoms with E-state index in [4.69, 9.17) is 4.74 Å². The Morgan fingerprint density at radius 2 is 2.23 bits per heavy atom. The van der Waals surface area contributed by atoms with Crippen LogP contribution in [0, 0.1) is 12.7 Å². The number of ether oxygens (including phenoxy) is 1. The molecule has 0 amide bonds. The van der Waals surface area contributed by atoms with E-state index in [1.54, 1.807) is 19.1 Å². The van der Waals surface area contributed by atoms with Crippen LogP contribution < -0.4 is 10.1 Å². The Hall–Kier alpha value is -1.09. The van der Waals surface area contributed by atoms with Gasteiger partial charge < -0.3 is 10.1 Å². The van der Waals surface area contributed by atoms with Crippen molar-refractivity contribution in [1.82, 2.24) is 5.32 Å². The highest BCUT2D eigenvalue weighted by molar-refractivity contribution is 5.27. The molecule has 0 aromatic heterocycles. The molecule has 0 atom stereocenters. The summed E-state index contributed by atoms with van der Waals surface area (Å²) in [4.78, 5) is 0. The zero-order chi connectivity index (χ0) is 9.68. The van der Waals surface area contributed by atoms with Crippen LogP contribution in [0.4, 0.5) is 4.39 Å². The maximum absolute atomic E-state index is 13.0. The van der Waals surface area contributed by atoms with Crippen LogP contribution in [0.1, 0.15) is 5.56 Å². The Bertz CT molecular complexity index is 276. The smallest absolute Gasteiger partial charge is 0.129 e. The van der Waals surface area contributed by atoms with Crippen molar-refractivity contribution in [3.8, 4) is 5.75 Å². The lowest BCUT2D eigenvalue weighted by atomic mass is 10.2. The summed E-state index contributed by atoms with van der Waals surface area (Å²) in [5, 5.41) is 2.95. The minimum absolute atomic E-state index is 0.220. The normalized spacial score (nSPS) is 10.1. The molecule has 13 heavy (non-hydrogen) atoms. The van der Waals surface area contributed by atoms with Gasteiger partial charge in [0.05, 0.1) is 0 Å². The third-order valence-corrected chi connectivity index (χ3v) is 1.76. The van der Waals surface area contributed by atoms with Crippen LogP contribution >= 0.6 is 0 Å². The van der Waals surface area contributed by atoms with Gasteiger partial charge in [0.2, 0.25) is 0 Å². The van der Waals surface area contributed by atoms with Crippen LogP contribution in [0.3, 0.4) is 0 Å². The van der Waals surface area contributed by atoms with E-state index >= 15 is 0 Å². The van der Waals surface area contributed by atoms with Crippen LogP contribution in [0.15, 0.2) is 18.2 Å². The van der Waals surface area contributed by atoms with Gasteiger partial charge in [0.25, 0.3) is 0 Å². The first-order valence-corrected chi connectivity index (χ1v) is 4.27. The lowest BCUT2D eigenvalue weighted by Gasteiger charge is -2.06. The molecule has 0 aliphatic rings. The number of halogens is 1. The predicted octanol–water partition coefficient (Wildman–Crippen LogP) is 1.73. The largest absolute Gasteiger partial charge is 0.492 e. The molecule has 72 valence electrons. The molecule has 1 rings (SSSR count). The summed E-state index contributed by atoms with van der Waals surface area (Å²) in [6.45, 7) is 3.04. The molecule has 0 fully saturated rings. The van der Waals surface area contributed by atoms with Crippen LogP contribution in [-0.4, -0.2) is 20.2 Å². The highest BCUT2D eigenvalue weighted by Gasteiger charge is 1.99. The van der Waals surface area contributed by atoms with Crippen LogP contribution in [-0.2, 0) is 0 Å². The zero-order valence-corrected chi connectivity index (χ0v) is 7.93.